The molecule has 2 aliphatic heterocycles. The van der Waals surface area contributed by atoms with Crippen molar-refractivity contribution in [2.24, 2.45) is 17.3 Å². The van der Waals surface area contributed by atoms with E-state index in [1.165, 1.54) is 12.8 Å². The predicted molar refractivity (Wildman–Crippen MR) is 142 cm³/mol. The summed E-state index contributed by atoms with van der Waals surface area (Å²) in [5.74, 6) is 2.09. The second kappa shape index (κ2) is 10.0. The molecule has 1 aromatic heterocycles. The maximum Gasteiger partial charge on any atom is 0.309 e. The Kier molecular flexibility index (Phi) is 7.19. The molecule has 3 aliphatic rings. The largest absolute Gasteiger partial charge is 0.481 e. The Morgan fingerprint density at radius 2 is 2.03 bits per heavy atom. The molecule has 2 N–H and O–H groups in total. The molecule has 7 nitrogen and oxygen atoms in total. The van der Waals surface area contributed by atoms with E-state index in [0.29, 0.717) is 34.5 Å². The number of likely N-dealkylation sites (tertiary alicyclic amines) is 1. The van der Waals surface area contributed by atoms with Crippen LogP contribution in [0.4, 0.5) is 11.8 Å². The number of carboxylic acids is 1. The molecule has 1 aliphatic carbocycles. The van der Waals surface area contributed by atoms with Crippen molar-refractivity contribution in [3.63, 3.8) is 0 Å². The van der Waals surface area contributed by atoms with Gasteiger partial charge < -0.3 is 20.2 Å². The molecule has 1 atom stereocenters. The number of carbonyl (C=O) groups is 1. The summed E-state index contributed by atoms with van der Waals surface area (Å²) >= 11 is 15.8. The third-order valence-electron chi connectivity index (χ3n) is 7.95. The van der Waals surface area contributed by atoms with Gasteiger partial charge in [-0.2, -0.15) is 4.98 Å². The molecule has 1 aromatic carbocycles. The number of halogens is 3. The molecule has 1 unspecified atom stereocenters. The normalized spacial score (nSPS) is 27.3. The van der Waals surface area contributed by atoms with Crippen molar-refractivity contribution in [3.8, 4) is 0 Å². The van der Waals surface area contributed by atoms with Crippen molar-refractivity contribution < 1.29 is 9.90 Å². The van der Waals surface area contributed by atoms with E-state index in [9.17, 15) is 9.90 Å². The summed E-state index contributed by atoms with van der Waals surface area (Å²) in [7, 11) is 0. The average Bonchev–Trinajstić information content (AvgIpc) is 2.77. The molecule has 0 bridgehead atoms. The Balaban J connectivity index is 1.15. The lowest BCUT2D eigenvalue weighted by atomic mass is 9.65. The van der Waals surface area contributed by atoms with Gasteiger partial charge in [0.2, 0.25) is 5.95 Å². The van der Waals surface area contributed by atoms with E-state index in [1.807, 2.05) is 19.1 Å². The highest BCUT2D eigenvalue weighted by atomic mass is 79.9. The maximum atomic E-state index is 11.5. The molecule has 2 aromatic rings. The second-order valence-electron chi connectivity index (χ2n) is 10.4. The Morgan fingerprint density at radius 1 is 1.26 bits per heavy atom. The predicted octanol–water partition coefficient (Wildman–Crippen LogP) is 5.56. The Hall–Kier alpha value is -1.61. The summed E-state index contributed by atoms with van der Waals surface area (Å²) in [6.45, 7) is 6.50. The Morgan fingerprint density at radius 3 is 2.74 bits per heavy atom. The number of benzene rings is 1. The molecule has 3 fully saturated rings. The third-order valence-corrected chi connectivity index (χ3v) is 9.11. The van der Waals surface area contributed by atoms with Crippen LogP contribution < -0.4 is 10.2 Å². The molecular weight excluding hydrogens is 553 g/mol. The Bertz CT molecular complexity index is 1110. The van der Waals surface area contributed by atoms with E-state index in [0.717, 1.165) is 60.8 Å². The van der Waals surface area contributed by atoms with Gasteiger partial charge >= 0.3 is 5.97 Å². The molecule has 10 heteroatoms. The van der Waals surface area contributed by atoms with Crippen LogP contribution in [0.3, 0.4) is 0 Å². The van der Waals surface area contributed by atoms with Gasteiger partial charge in [0.05, 0.1) is 9.89 Å². The molecule has 3 heterocycles. The number of piperidine rings is 1. The van der Waals surface area contributed by atoms with Crippen molar-refractivity contribution in [2.75, 3.05) is 36.4 Å². The first-order valence-corrected chi connectivity index (χ1v) is 13.7. The molecule has 5 rings (SSSR count). The van der Waals surface area contributed by atoms with Crippen molar-refractivity contribution in [3.05, 3.63) is 44.5 Å². The van der Waals surface area contributed by atoms with Crippen molar-refractivity contribution in [2.45, 2.75) is 45.2 Å². The summed E-state index contributed by atoms with van der Waals surface area (Å²) < 4.78 is 0.806. The van der Waals surface area contributed by atoms with E-state index in [1.54, 1.807) is 12.3 Å². The lowest BCUT2D eigenvalue weighted by molar-refractivity contribution is -0.158. The zero-order chi connectivity index (χ0) is 24.7. The molecule has 35 heavy (non-hydrogen) atoms. The first-order chi connectivity index (χ1) is 16.7. The lowest BCUT2D eigenvalue weighted by Crippen LogP contribution is -2.58. The summed E-state index contributed by atoms with van der Waals surface area (Å²) in [6, 6.07) is 5.90. The summed E-state index contributed by atoms with van der Waals surface area (Å²) in [6.07, 6.45) is 5.77. The first-order valence-electron chi connectivity index (χ1n) is 12.1. The van der Waals surface area contributed by atoms with Gasteiger partial charge in [0.1, 0.15) is 5.82 Å². The number of aromatic nitrogens is 2. The fourth-order valence-corrected chi connectivity index (χ4v) is 6.43. The fourth-order valence-electron chi connectivity index (χ4n) is 5.62. The van der Waals surface area contributed by atoms with Crippen LogP contribution in [0, 0.1) is 17.3 Å². The van der Waals surface area contributed by atoms with Crippen LogP contribution >= 0.6 is 39.1 Å². The van der Waals surface area contributed by atoms with Gasteiger partial charge in [0.25, 0.3) is 0 Å². The highest BCUT2D eigenvalue weighted by Crippen LogP contribution is 2.45. The van der Waals surface area contributed by atoms with Crippen molar-refractivity contribution in [1.29, 1.82) is 0 Å². The molecule has 188 valence electrons. The van der Waals surface area contributed by atoms with Gasteiger partial charge in [-0.3, -0.25) is 4.79 Å². The number of hydrogen-bond acceptors (Lipinski definition) is 6. The summed E-state index contributed by atoms with van der Waals surface area (Å²) in [4.78, 5) is 25.5. The lowest BCUT2D eigenvalue weighted by Gasteiger charge is -2.52. The molecule has 0 amide bonds. The number of carboxylic acid groups (broad SMARTS) is 1. The summed E-state index contributed by atoms with van der Waals surface area (Å²) in [5, 5.41) is 14.0. The van der Waals surface area contributed by atoms with Crippen molar-refractivity contribution in [1.82, 2.24) is 14.9 Å². The minimum Gasteiger partial charge on any atom is -0.481 e. The maximum absolute atomic E-state index is 11.5. The quantitative estimate of drug-likeness (QED) is 0.442. The first kappa shape index (κ1) is 25.1. The van der Waals surface area contributed by atoms with Gasteiger partial charge in [-0.25, -0.2) is 4.98 Å². The minimum atomic E-state index is -0.656. The van der Waals surface area contributed by atoms with Crippen LogP contribution in [0.15, 0.2) is 28.9 Å². The van der Waals surface area contributed by atoms with Crippen LogP contribution in [0.25, 0.3) is 0 Å². The van der Waals surface area contributed by atoms with Gasteiger partial charge in [0.15, 0.2) is 0 Å². The second-order valence-corrected chi connectivity index (χ2v) is 12.1. The number of anilines is 2. The number of nitrogens with one attached hydrogen (secondary N) is 1. The average molecular weight is 583 g/mol. The zero-order valence-corrected chi connectivity index (χ0v) is 22.8. The molecule has 1 saturated carbocycles. The highest BCUT2D eigenvalue weighted by Gasteiger charge is 2.49. The highest BCUT2D eigenvalue weighted by molar-refractivity contribution is 9.10. The number of hydrogen-bond donors (Lipinski definition) is 2. The number of rotatable bonds is 7. The smallest absolute Gasteiger partial charge is 0.309 e. The van der Waals surface area contributed by atoms with E-state index in [4.69, 9.17) is 28.2 Å². The van der Waals surface area contributed by atoms with Crippen LogP contribution in [0.2, 0.25) is 10.0 Å². The van der Waals surface area contributed by atoms with Crippen LogP contribution in [0.5, 0.6) is 0 Å². The molecule has 0 radical (unpaired) electrons. The fraction of sp³-hybridized carbons (Fsp3) is 0.560. The standard InChI is InChI=1S/C25H30BrCl2N5O2/c1-25(23(34)35)8-19(9-25)32-6-2-3-16(12-32)17-13-33(14-17)24-30-11-20(26)22(31-24)29-10-15-4-5-18(27)7-21(15)28/h4-5,7,11,16-17,19H,2-3,6,8-10,12-14H2,1H3,(H,34,35)(H,29,30,31). The van der Waals surface area contributed by atoms with E-state index in [-0.39, 0.29) is 0 Å². The number of nitrogens with zero attached hydrogens (tertiary/aromatic N) is 4. The van der Waals surface area contributed by atoms with Crippen LogP contribution in [-0.4, -0.2) is 58.2 Å². The van der Waals surface area contributed by atoms with Gasteiger partial charge in [-0.15, -0.1) is 0 Å². The van der Waals surface area contributed by atoms with Gasteiger partial charge in [-0.1, -0.05) is 29.3 Å². The number of aliphatic carboxylic acids is 1. The molecule has 2 saturated heterocycles. The van der Waals surface area contributed by atoms with Crippen LogP contribution in [0.1, 0.15) is 38.2 Å². The minimum absolute atomic E-state index is 0.424. The van der Waals surface area contributed by atoms with E-state index >= 15 is 0 Å². The van der Waals surface area contributed by atoms with Crippen molar-refractivity contribution >= 4 is 56.9 Å². The van der Waals surface area contributed by atoms with Crippen LogP contribution in [-0.2, 0) is 11.3 Å². The van der Waals surface area contributed by atoms with Gasteiger partial charge in [-0.05, 0) is 84.6 Å². The summed E-state index contributed by atoms with van der Waals surface area (Å²) in [5.41, 5.74) is 0.415. The zero-order valence-electron chi connectivity index (χ0n) is 19.7. The Labute approximate surface area is 224 Å². The third kappa shape index (κ3) is 5.26. The molecular formula is C25H30BrCl2N5O2. The van der Waals surface area contributed by atoms with Gasteiger partial charge in [0, 0.05) is 48.5 Å². The van der Waals surface area contributed by atoms with E-state index in [2.05, 4.69) is 36.0 Å². The SMILES string of the molecule is CC1(C(=O)O)CC(N2CCCC(C3CN(c4ncc(Br)c(NCc5ccc(Cl)cc5Cl)n4)C3)C2)C1. The topological polar surface area (TPSA) is 81.6 Å². The monoisotopic (exact) mass is 581 g/mol. The van der Waals surface area contributed by atoms with E-state index < -0.39 is 11.4 Å². The molecule has 0 spiro atoms.